The lowest BCUT2D eigenvalue weighted by atomic mass is 9.93. The fraction of sp³-hybridized carbons (Fsp3) is 0.778. The Hall–Kier alpha value is -5.38. The van der Waals surface area contributed by atoms with Crippen LogP contribution in [0.2, 0.25) is 0 Å². The Morgan fingerprint density at radius 1 is 0.537 bits per heavy atom. The van der Waals surface area contributed by atoms with Gasteiger partial charge >= 0.3 is 0 Å². The van der Waals surface area contributed by atoms with Crippen molar-refractivity contribution in [1.82, 2.24) is 52.8 Å². The minimum absolute atomic E-state index is 0.236. The number of aliphatic hydroxyl groups excluding tert-OH is 2. The van der Waals surface area contributed by atoms with E-state index in [-0.39, 0.29) is 6.61 Å². The number of amides is 10. The SMILES string of the molecule is CC[C@@H](C)[C@H](NC(=O)C(C)(C)NC(=O)[C@@H](NC(=O)C(C)(C)NC(=O)C(C)(C)NC(C)=O)C(C)C)C(=O)NC(C)(C)C(=O)NC(C)(C)C(=O)N[C@@H](CO)C(=O)NC(C)(C)C(=O)N1CCC[C@H]1CO. The third-order valence-corrected chi connectivity index (χ3v) is 11.7. The minimum atomic E-state index is -1.73. The highest BCUT2D eigenvalue weighted by molar-refractivity contribution is 6.01. The van der Waals surface area contributed by atoms with E-state index >= 15 is 0 Å². The molecule has 0 radical (unpaired) electrons. The third kappa shape index (κ3) is 16.4. The van der Waals surface area contributed by atoms with E-state index in [4.69, 9.17) is 0 Å². The molecular formula is C45H80N10O12. The van der Waals surface area contributed by atoms with Crippen LogP contribution in [0.3, 0.4) is 0 Å². The molecule has 0 saturated carbocycles. The van der Waals surface area contributed by atoms with E-state index in [1.54, 1.807) is 27.7 Å². The molecule has 1 aliphatic rings. The molecule has 1 heterocycles. The zero-order chi connectivity index (χ0) is 52.4. The van der Waals surface area contributed by atoms with E-state index < -0.39 is 135 Å². The molecule has 0 aromatic carbocycles. The predicted molar refractivity (Wildman–Crippen MR) is 248 cm³/mol. The number of nitrogens with zero attached hydrogens (tertiary/aromatic N) is 1. The highest BCUT2D eigenvalue weighted by Crippen LogP contribution is 2.22. The molecule has 1 fully saturated rings. The second-order valence-electron chi connectivity index (χ2n) is 21.0. The number of hydrogen-bond acceptors (Lipinski definition) is 12. The molecule has 0 unspecified atom stereocenters. The van der Waals surface area contributed by atoms with Gasteiger partial charge in [0.2, 0.25) is 59.1 Å². The summed E-state index contributed by atoms with van der Waals surface area (Å²) < 4.78 is 0. The standard InChI is InChI=1S/C45H80N10O12/c1-18-25(4)30(48-35(63)40(6,7)51-32(60)29(24(2)3)47-36(64)42(10,11)53-37(65)43(12,13)49-26(5)58)33(61)52-44(14,15)38(66)54-41(8,9)34(62)46-28(23-57)31(59)50-45(16,17)39(67)55-21-19-20-27(55)22-56/h24-25,27-30,56-57H,18-23H2,1-17H3,(H,46,62)(H,47,64)(H,48,63)(H,49,58)(H,50,59)(H,51,60)(H,52,61)(H,53,65)(H,54,66)/t25-,27+,28+,29+,30+/m1/s1. The topological polar surface area (TPSA) is 323 Å². The maximum atomic E-state index is 13.9. The van der Waals surface area contributed by atoms with Gasteiger partial charge in [0.15, 0.2) is 0 Å². The number of aliphatic hydroxyl groups is 2. The van der Waals surface area contributed by atoms with Crippen LogP contribution in [0.1, 0.15) is 137 Å². The summed E-state index contributed by atoms with van der Waals surface area (Å²) in [6.45, 7) is 24.3. The van der Waals surface area contributed by atoms with Crippen molar-refractivity contribution in [3.05, 3.63) is 0 Å². The summed E-state index contributed by atoms with van der Waals surface area (Å²) in [7, 11) is 0. The average molecular weight is 953 g/mol. The minimum Gasteiger partial charge on any atom is -0.394 e. The van der Waals surface area contributed by atoms with Crippen LogP contribution in [0, 0.1) is 11.8 Å². The van der Waals surface area contributed by atoms with Gasteiger partial charge in [-0.1, -0.05) is 34.1 Å². The zero-order valence-electron chi connectivity index (χ0n) is 42.6. The van der Waals surface area contributed by atoms with Crippen LogP contribution in [-0.2, 0) is 47.9 Å². The summed E-state index contributed by atoms with van der Waals surface area (Å²) in [4.78, 5) is 135. The van der Waals surface area contributed by atoms with Crippen molar-refractivity contribution >= 4 is 59.1 Å². The fourth-order valence-corrected chi connectivity index (χ4v) is 6.89. The molecule has 11 N–H and O–H groups in total. The fourth-order valence-electron chi connectivity index (χ4n) is 6.89. The van der Waals surface area contributed by atoms with Gasteiger partial charge in [-0.3, -0.25) is 47.9 Å². The Bertz CT molecular complexity index is 1880. The molecule has 0 aliphatic carbocycles. The van der Waals surface area contributed by atoms with Gasteiger partial charge in [0.25, 0.3) is 0 Å². The van der Waals surface area contributed by atoms with Crippen LogP contribution in [-0.4, -0.2) is 151 Å². The normalized spacial score (nSPS) is 16.6. The number of hydrogen-bond donors (Lipinski definition) is 11. The molecule has 0 aromatic heterocycles. The number of rotatable bonds is 23. The zero-order valence-corrected chi connectivity index (χ0v) is 42.6. The van der Waals surface area contributed by atoms with Gasteiger partial charge < -0.3 is 63.0 Å². The molecule has 22 nitrogen and oxygen atoms in total. The van der Waals surface area contributed by atoms with Gasteiger partial charge in [0.05, 0.1) is 19.3 Å². The summed E-state index contributed by atoms with van der Waals surface area (Å²) in [5.41, 5.74) is -9.45. The lowest BCUT2D eigenvalue weighted by Gasteiger charge is -2.36. The Morgan fingerprint density at radius 3 is 1.34 bits per heavy atom. The second kappa shape index (κ2) is 23.1. The van der Waals surface area contributed by atoms with E-state index in [0.717, 1.165) is 0 Å². The molecule has 5 atom stereocenters. The van der Waals surface area contributed by atoms with E-state index in [2.05, 4.69) is 47.9 Å². The van der Waals surface area contributed by atoms with Crippen molar-refractivity contribution in [3.63, 3.8) is 0 Å². The summed E-state index contributed by atoms with van der Waals surface area (Å²) in [6, 6.07) is -4.34. The maximum absolute atomic E-state index is 13.9. The predicted octanol–water partition coefficient (Wildman–Crippen LogP) is -1.49. The van der Waals surface area contributed by atoms with Gasteiger partial charge in [-0.05, 0) is 108 Å². The van der Waals surface area contributed by atoms with Gasteiger partial charge in [-0.15, -0.1) is 0 Å². The Labute approximate surface area is 395 Å². The van der Waals surface area contributed by atoms with Crippen molar-refractivity contribution in [3.8, 4) is 0 Å². The van der Waals surface area contributed by atoms with Crippen molar-refractivity contribution in [2.45, 2.75) is 194 Å². The largest absolute Gasteiger partial charge is 0.394 e. The summed E-state index contributed by atoms with van der Waals surface area (Å²) in [5, 5.41) is 42.9. The van der Waals surface area contributed by atoms with Crippen LogP contribution in [0.5, 0.6) is 0 Å². The Kier molecular flexibility index (Phi) is 20.5. The third-order valence-electron chi connectivity index (χ3n) is 11.7. The maximum Gasteiger partial charge on any atom is 0.248 e. The first-order chi connectivity index (χ1) is 30.3. The van der Waals surface area contributed by atoms with E-state index in [1.165, 1.54) is 94.9 Å². The molecule has 1 aliphatic heterocycles. The highest BCUT2D eigenvalue weighted by atomic mass is 16.3. The number of nitrogens with one attached hydrogen (secondary N) is 9. The Morgan fingerprint density at radius 2 is 0.925 bits per heavy atom. The van der Waals surface area contributed by atoms with Gasteiger partial charge in [0, 0.05) is 13.5 Å². The van der Waals surface area contributed by atoms with Crippen LogP contribution in [0.4, 0.5) is 0 Å². The highest BCUT2D eigenvalue weighted by Gasteiger charge is 2.44. The molecule has 0 aromatic rings. The van der Waals surface area contributed by atoms with Gasteiger partial charge in [0.1, 0.15) is 51.4 Å². The monoisotopic (exact) mass is 953 g/mol. The van der Waals surface area contributed by atoms with Crippen molar-refractivity contribution in [2.75, 3.05) is 19.8 Å². The summed E-state index contributed by atoms with van der Waals surface area (Å²) >= 11 is 0. The van der Waals surface area contributed by atoms with Crippen LogP contribution >= 0.6 is 0 Å². The molecule has 382 valence electrons. The lowest BCUT2D eigenvalue weighted by molar-refractivity contribution is -0.143. The molecule has 0 bridgehead atoms. The number of likely N-dealkylation sites (tertiary alicyclic amines) is 1. The van der Waals surface area contributed by atoms with Crippen LogP contribution in [0.25, 0.3) is 0 Å². The first-order valence-electron chi connectivity index (χ1n) is 22.7. The average Bonchev–Trinajstić information content (AvgIpc) is 3.67. The summed E-state index contributed by atoms with van der Waals surface area (Å²) in [5.74, 6) is -8.13. The van der Waals surface area contributed by atoms with Gasteiger partial charge in [-0.25, -0.2) is 0 Å². The molecule has 10 amide bonds. The first-order valence-corrected chi connectivity index (χ1v) is 22.7. The molecule has 22 heteroatoms. The van der Waals surface area contributed by atoms with E-state index in [9.17, 15) is 58.2 Å². The second-order valence-corrected chi connectivity index (χ2v) is 21.0. The lowest BCUT2D eigenvalue weighted by Crippen LogP contribution is -2.67. The quantitative estimate of drug-likeness (QED) is 0.0558. The molecular weight excluding hydrogens is 873 g/mol. The molecule has 1 saturated heterocycles. The molecule has 1 rings (SSSR count). The molecule has 0 spiro atoms. The number of carbonyl (C=O) groups is 10. The van der Waals surface area contributed by atoms with Crippen molar-refractivity contribution in [2.24, 2.45) is 11.8 Å². The van der Waals surface area contributed by atoms with E-state index in [1.807, 2.05) is 0 Å². The van der Waals surface area contributed by atoms with Crippen LogP contribution < -0.4 is 47.9 Å². The van der Waals surface area contributed by atoms with Crippen molar-refractivity contribution in [1.29, 1.82) is 0 Å². The van der Waals surface area contributed by atoms with Gasteiger partial charge in [-0.2, -0.15) is 0 Å². The smallest absolute Gasteiger partial charge is 0.248 e. The van der Waals surface area contributed by atoms with Crippen LogP contribution in [0.15, 0.2) is 0 Å². The van der Waals surface area contributed by atoms with E-state index in [0.29, 0.717) is 25.8 Å². The first kappa shape index (κ1) is 59.6. The molecule has 67 heavy (non-hydrogen) atoms. The number of carbonyl (C=O) groups excluding carboxylic acids is 10. The van der Waals surface area contributed by atoms with Crippen molar-refractivity contribution < 1.29 is 58.2 Å². The summed E-state index contributed by atoms with van der Waals surface area (Å²) in [6.07, 6.45) is 1.69. The Balaban J connectivity index is 3.10.